The molecule has 24 heavy (non-hydrogen) atoms. The van der Waals surface area contributed by atoms with Crippen molar-refractivity contribution in [2.75, 3.05) is 0 Å². The van der Waals surface area contributed by atoms with Crippen LogP contribution >= 0.6 is 0 Å². The third-order valence-corrected chi connectivity index (χ3v) is 5.43. The lowest BCUT2D eigenvalue weighted by molar-refractivity contribution is -0.315. The Morgan fingerprint density at radius 2 is 1.54 bits per heavy atom. The van der Waals surface area contributed by atoms with Gasteiger partial charge < -0.3 is 4.74 Å². The number of nitrogens with zero attached hydrogens (tertiary/aromatic N) is 1. The standard InChI is InChI=1S/C20H19NO3/c1-14-19(2)17(22)21(13-15-9-5-3-6-10-15)18(23)20(14,24-19)16-11-7-4-8-12-16/h3-12,14H,13H2,1-2H3. The zero-order chi connectivity index (χ0) is 16.9. The Morgan fingerprint density at radius 3 is 2.12 bits per heavy atom. The average Bonchev–Trinajstić information content (AvgIpc) is 2.63. The fourth-order valence-electron chi connectivity index (χ4n) is 3.89. The predicted octanol–water partition coefficient (Wildman–Crippen LogP) is 2.88. The minimum absolute atomic E-state index is 0.195. The van der Waals surface area contributed by atoms with Gasteiger partial charge in [0.15, 0.2) is 11.2 Å². The number of amides is 2. The molecule has 3 atom stereocenters. The van der Waals surface area contributed by atoms with Crippen molar-refractivity contribution >= 4 is 11.8 Å². The SMILES string of the molecule is CC1C2(C)OC1(c1ccccc1)C(=O)N(Cc1ccccc1)C2=O. The van der Waals surface area contributed by atoms with E-state index in [2.05, 4.69) is 0 Å². The van der Waals surface area contributed by atoms with Crippen molar-refractivity contribution in [2.45, 2.75) is 31.6 Å². The smallest absolute Gasteiger partial charge is 0.266 e. The Hall–Kier alpha value is -2.46. The Bertz CT molecular complexity index is 804. The molecular weight excluding hydrogens is 302 g/mol. The number of ether oxygens (including phenoxy) is 1. The van der Waals surface area contributed by atoms with Crippen LogP contribution in [-0.4, -0.2) is 22.3 Å². The molecule has 4 heteroatoms. The van der Waals surface area contributed by atoms with E-state index in [1.54, 1.807) is 6.92 Å². The third-order valence-electron chi connectivity index (χ3n) is 5.43. The van der Waals surface area contributed by atoms with Crippen molar-refractivity contribution < 1.29 is 14.3 Å². The molecule has 3 fully saturated rings. The lowest BCUT2D eigenvalue weighted by Gasteiger charge is -2.63. The summed E-state index contributed by atoms with van der Waals surface area (Å²) in [4.78, 5) is 27.4. The third kappa shape index (κ3) is 1.77. The topological polar surface area (TPSA) is 46.6 Å². The van der Waals surface area contributed by atoms with E-state index in [4.69, 9.17) is 4.74 Å². The number of piperidine rings is 1. The first kappa shape index (κ1) is 15.1. The van der Waals surface area contributed by atoms with Gasteiger partial charge in [-0.2, -0.15) is 0 Å². The van der Waals surface area contributed by atoms with Crippen LogP contribution in [0.15, 0.2) is 60.7 Å². The summed E-state index contributed by atoms with van der Waals surface area (Å²) < 4.78 is 6.00. The highest BCUT2D eigenvalue weighted by atomic mass is 16.6. The van der Waals surface area contributed by atoms with Crippen LogP contribution < -0.4 is 0 Å². The molecule has 5 rings (SSSR count). The minimum atomic E-state index is -1.06. The van der Waals surface area contributed by atoms with Crippen LogP contribution in [0.3, 0.4) is 0 Å². The summed E-state index contributed by atoms with van der Waals surface area (Å²) in [6.45, 7) is 3.98. The van der Waals surface area contributed by atoms with Gasteiger partial charge in [0.1, 0.15) is 0 Å². The number of carbonyl (C=O) groups is 2. The van der Waals surface area contributed by atoms with Crippen LogP contribution in [0.4, 0.5) is 0 Å². The number of rotatable bonds is 3. The molecule has 122 valence electrons. The molecule has 3 unspecified atom stereocenters. The van der Waals surface area contributed by atoms with E-state index < -0.39 is 11.2 Å². The first-order valence-corrected chi connectivity index (χ1v) is 8.16. The number of hydrogen-bond donors (Lipinski definition) is 0. The Balaban J connectivity index is 1.76. The first-order valence-electron chi connectivity index (χ1n) is 8.16. The summed E-state index contributed by atoms with van der Waals surface area (Å²) in [5.41, 5.74) is -0.262. The van der Waals surface area contributed by atoms with Gasteiger partial charge in [0, 0.05) is 5.92 Å². The van der Waals surface area contributed by atoms with Crippen molar-refractivity contribution in [1.29, 1.82) is 0 Å². The molecule has 0 radical (unpaired) electrons. The molecule has 3 aliphatic rings. The number of carbonyl (C=O) groups excluding carboxylic acids is 2. The van der Waals surface area contributed by atoms with Gasteiger partial charge in [0.25, 0.3) is 11.8 Å². The molecule has 2 amide bonds. The molecule has 2 aromatic carbocycles. The van der Waals surface area contributed by atoms with Crippen LogP contribution in [0, 0.1) is 5.92 Å². The van der Waals surface area contributed by atoms with E-state index in [0.29, 0.717) is 0 Å². The molecule has 0 spiro atoms. The van der Waals surface area contributed by atoms with Gasteiger partial charge in [-0.15, -0.1) is 0 Å². The summed E-state index contributed by atoms with van der Waals surface area (Å²) in [7, 11) is 0. The Morgan fingerprint density at radius 1 is 0.958 bits per heavy atom. The summed E-state index contributed by atoms with van der Waals surface area (Å²) >= 11 is 0. The van der Waals surface area contributed by atoms with E-state index >= 15 is 0 Å². The van der Waals surface area contributed by atoms with Gasteiger partial charge >= 0.3 is 0 Å². The molecule has 2 aromatic rings. The number of hydrogen-bond acceptors (Lipinski definition) is 3. The van der Waals surface area contributed by atoms with Gasteiger partial charge in [0.2, 0.25) is 0 Å². The van der Waals surface area contributed by atoms with Crippen molar-refractivity contribution in [3.63, 3.8) is 0 Å². The molecule has 0 aliphatic carbocycles. The van der Waals surface area contributed by atoms with Crippen molar-refractivity contribution in [3.05, 3.63) is 71.8 Å². The molecule has 0 saturated carbocycles. The second-order valence-corrected chi connectivity index (χ2v) is 6.71. The second-order valence-electron chi connectivity index (χ2n) is 6.71. The van der Waals surface area contributed by atoms with E-state index in [1.165, 1.54) is 4.90 Å². The minimum Gasteiger partial charge on any atom is -0.343 e. The second kappa shape index (κ2) is 5.02. The van der Waals surface area contributed by atoms with Gasteiger partial charge in [-0.1, -0.05) is 67.6 Å². The molecule has 0 N–H and O–H groups in total. The van der Waals surface area contributed by atoms with E-state index in [0.717, 1.165) is 11.1 Å². The molecule has 2 bridgehead atoms. The van der Waals surface area contributed by atoms with Gasteiger partial charge in [-0.3, -0.25) is 14.5 Å². The molecule has 0 aromatic heterocycles. The molecule has 4 nitrogen and oxygen atoms in total. The predicted molar refractivity (Wildman–Crippen MR) is 88.8 cm³/mol. The highest BCUT2D eigenvalue weighted by Gasteiger charge is 2.74. The number of benzene rings is 2. The normalized spacial score (nSPS) is 31.8. The Labute approximate surface area is 141 Å². The maximum Gasteiger partial charge on any atom is 0.266 e. The monoisotopic (exact) mass is 321 g/mol. The maximum atomic E-state index is 13.2. The van der Waals surface area contributed by atoms with Crippen LogP contribution in [-0.2, 0) is 26.5 Å². The lowest BCUT2D eigenvalue weighted by atomic mass is 9.62. The molecular formula is C20H19NO3. The summed E-state index contributed by atoms with van der Waals surface area (Å²) in [6, 6.07) is 19.0. The highest BCUT2D eigenvalue weighted by Crippen LogP contribution is 2.58. The van der Waals surface area contributed by atoms with E-state index in [9.17, 15) is 9.59 Å². The molecule has 3 saturated heterocycles. The molecule has 3 heterocycles. The number of fused-ring (bicyclic) bond motifs is 2. The Kier molecular flexibility index (Phi) is 3.15. The van der Waals surface area contributed by atoms with E-state index in [1.807, 2.05) is 67.6 Å². The van der Waals surface area contributed by atoms with Crippen LogP contribution in [0.1, 0.15) is 25.0 Å². The molecule has 3 aliphatic heterocycles. The van der Waals surface area contributed by atoms with Crippen molar-refractivity contribution in [2.24, 2.45) is 5.92 Å². The van der Waals surface area contributed by atoms with Crippen LogP contribution in [0.2, 0.25) is 0 Å². The zero-order valence-electron chi connectivity index (χ0n) is 13.7. The summed E-state index contributed by atoms with van der Waals surface area (Å²) in [5.74, 6) is -0.708. The van der Waals surface area contributed by atoms with Gasteiger partial charge in [0.05, 0.1) is 6.54 Å². The van der Waals surface area contributed by atoms with Gasteiger partial charge in [-0.25, -0.2) is 0 Å². The highest BCUT2D eigenvalue weighted by molar-refractivity contribution is 6.09. The van der Waals surface area contributed by atoms with E-state index in [-0.39, 0.29) is 24.3 Å². The average molecular weight is 321 g/mol. The first-order chi connectivity index (χ1) is 11.5. The van der Waals surface area contributed by atoms with Crippen LogP contribution in [0.25, 0.3) is 0 Å². The van der Waals surface area contributed by atoms with Gasteiger partial charge in [-0.05, 0) is 18.1 Å². The quantitative estimate of drug-likeness (QED) is 0.817. The number of morpholine rings is 1. The van der Waals surface area contributed by atoms with Crippen LogP contribution in [0.5, 0.6) is 0 Å². The summed E-state index contributed by atoms with van der Waals surface area (Å²) in [6.07, 6.45) is 0. The lowest BCUT2D eigenvalue weighted by Crippen LogP contribution is -2.80. The fourth-order valence-corrected chi connectivity index (χ4v) is 3.89. The zero-order valence-corrected chi connectivity index (χ0v) is 13.7. The van der Waals surface area contributed by atoms with Crippen molar-refractivity contribution in [1.82, 2.24) is 4.90 Å². The maximum absolute atomic E-state index is 13.2. The van der Waals surface area contributed by atoms with Crippen molar-refractivity contribution in [3.8, 4) is 0 Å². The summed E-state index contributed by atoms with van der Waals surface area (Å²) in [5, 5.41) is 0. The fraction of sp³-hybridized carbons (Fsp3) is 0.300. The number of imide groups is 1. The largest absolute Gasteiger partial charge is 0.343 e.